The van der Waals surface area contributed by atoms with Gasteiger partial charge in [-0.15, -0.1) is 0 Å². The maximum atomic E-state index is 11.6. The van der Waals surface area contributed by atoms with Crippen molar-refractivity contribution < 1.29 is 4.79 Å². The molecule has 14 heavy (non-hydrogen) atoms. The Kier molecular flexibility index (Phi) is 3.69. The first-order valence-corrected chi connectivity index (χ1v) is 5.42. The molecule has 0 N–H and O–H groups in total. The third-order valence-corrected chi connectivity index (χ3v) is 2.45. The van der Waals surface area contributed by atoms with Gasteiger partial charge in [-0.2, -0.15) is 0 Å². The van der Waals surface area contributed by atoms with Gasteiger partial charge in [0, 0.05) is 12.7 Å². The van der Waals surface area contributed by atoms with E-state index in [1.165, 1.54) is 0 Å². The highest BCUT2D eigenvalue weighted by atomic mass is 79.9. The zero-order valence-electron chi connectivity index (χ0n) is 8.62. The third-order valence-electron chi connectivity index (χ3n) is 2.06. The van der Waals surface area contributed by atoms with Crippen LogP contribution < -0.4 is 4.90 Å². The summed E-state index contributed by atoms with van der Waals surface area (Å²) in [5.41, 5.74) is 2.09. The Hall–Kier alpha value is -0.830. The number of carbonyl (C=O) groups excluding carboxylic acids is 1. The van der Waals surface area contributed by atoms with Crippen molar-refractivity contribution in [1.29, 1.82) is 0 Å². The van der Waals surface area contributed by atoms with E-state index >= 15 is 0 Å². The molecule has 1 atom stereocenters. The Bertz CT molecular complexity index is 336. The molecule has 0 saturated heterocycles. The van der Waals surface area contributed by atoms with Crippen molar-refractivity contribution in [2.24, 2.45) is 0 Å². The summed E-state index contributed by atoms with van der Waals surface area (Å²) in [6.45, 7) is 3.84. The molecular formula is C11H14BrNO. The minimum Gasteiger partial charge on any atom is -0.315 e. The van der Waals surface area contributed by atoms with E-state index in [2.05, 4.69) is 15.9 Å². The van der Waals surface area contributed by atoms with Crippen LogP contribution in [0.3, 0.4) is 0 Å². The van der Waals surface area contributed by atoms with Gasteiger partial charge < -0.3 is 4.90 Å². The lowest BCUT2D eigenvalue weighted by Crippen LogP contribution is -2.31. The standard InChI is InChI=1S/C11H14BrNO/c1-8-5-4-6-10(7-8)13(3)11(14)9(2)12/h4-7,9H,1-3H3/t9-/m1/s1. The average Bonchev–Trinajstić information content (AvgIpc) is 2.15. The molecule has 76 valence electrons. The molecule has 0 fully saturated rings. The van der Waals surface area contributed by atoms with Gasteiger partial charge in [0.1, 0.15) is 0 Å². The Morgan fingerprint density at radius 1 is 1.50 bits per heavy atom. The van der Waals surface area contributed by atoms with E-state index in [-0.39, 0.29) is 10.7 Å². The van der Waals surface area contributed by atoms with Gasteiger partial charge in [0.25, 0.3) is 0 Å². The van der Waals surface area contributed by atoms with Crippen molar-refractivity contribution in [1.82, 2.24) is 0 Å². The molecule has 0 aromatic heterocycles. The molecule has 1 rings (SSSR count). The quantitative estimate of drug-likeness (QED) is 0.745. The number of alkyl halides is 1. The number of benzene rings is 1. The molecule has 0 aliphatic carbocycles. The molecular weight excluding hydrogens is 242 g/mol. The maximum Gasteiger partial charge on any atom is 0.240 e. The van der Waals surface area contributed by atoms with Crippen LogP contribution in [0.25, 0.3) is 0 Å². The molecule has 0 radical (unpaired) electrons. The smallest absolute Gasteiger partial charge is 0.240 e. The molecule has 3 heteroatoms. The molecule has 0 unspecified atom stereocenters. The van der Waals surface area contributed by atoms with E-state index < -0.39 is 0 Å². The van der Waals surface area contributed by atoms with Crippen LogP contribution in [0, 0.1) is 6.92 Å². The fraction of sp³-hybridized carbons (Fsp3) is 0.364. The van der Waals surface area contributed by atoms with Crippen LogP contribution in [0.1, 0.15) is 12.5 Å². The van der Waals surface area contributed by atoms with Gasteiger partial charge in [-0.1, -0.05) is 28.1 Å². The van der Waals surface area contributed by atoms with Crippen LogP contribution in [0.2, 0.25) is 0 Å². The number of hydrogen-bond donors (Lipinski definition) is 0. The van der Waals surface area contributed by atoms with Crippen LogP contribution in [-0.2, 0) is 4.79 Å². The highest BCUT2D eigenvalue weighted by Gasteiger charge is 2.15. The van der Waals surface area contributed by atoms with Gasteiger partial charge in [0.2, 0.25) is 5.91 Å². The van der Waals surface area contributed by atoms with E-state index in [9.17, 15) is 4.79 Å². The van der Waals surface area contributed by atoms with Crippen molar-refractivity contribution in [3.8, 4) is 0 Å². The third kappa shape index (κ3) is 2.58. The molecule has 1 amide bonds. The summed E-state index contributed by atoms with van der Waals surface area (Å²) in [7, 11) is 1.79. The molecule has 1 aromatic carbocycles. The summed E-state index contributed by atoms with van der Waals surface area (Å²) in [5, 5.41) is 0. The van der Waals surface area contributed by atoms with Gasteiger partial charge in [-0.05, 0) is 31.5 Å². The number of aryl methyl sites for hydroxylation is 1. The number of carbonyl (C=O) groups is 1. The lowest BCUT2D eigenvalue weighted by Gasteiger charge is -2.19. The van der Waals surface area contributed by atoms with Crippen LogP contribution in [-0.4, -0.2) is 17.8 Å². The zero-order valence-corrected chi connectivity index (χ0v) is 10.2. The summed E-state index contributed by atoms with van der Waals surface area (Å²) in [6.07, 6.45) is 0. The topological polar surface area (TPSA) is 20.3 Å². The highest BCUT2D eigenvalue weighted by molar-refractivity contribution is 9.10. The second-order valence-corrected chi connectivity index (χ2v) is 4.73. The second-order valence-electron chi connectivity index (χ2n) is 3.35. The van der Waals surface area contributed by atoms with E-state index in [1.807, 2.05) is 38.1 Å². The van der Waals surface area contributed by atoms with Gasteiger partial charge in [0.05, 0.1) is 4.83 Å². The predicted octanol–water partition coefficient (Wildman–Crippen LogP) is 2.74. The summed E-state index contributed by atoms with van der Waals surface area (Å²) in [4.78, 5) is 13.1. The Balaban J connectivity index is 2.89. The molecule has 1 aromatic rings. The largest absolute Gasteiger partial charge is 0.315 e. The monoisotopic (exact) mass is 255 g/mol. The SMILES string of the molecule is Cc1cccc(N(C)C(=O)[C@@H](C)Br)c1. The molecule has 0 aliphatic heterocycles. The predicted molar refractivity (Wildman–Crippen MR) is 63.0 cm³/mol. The second kappa shape index (κ2) is 4.60. The van der Waals surface area contributed by atoms with Crippen LogP contribution in [0.15, 0.2) is 24.3 Å². The van der Waals surface area contributed by atoms with E-state index in [0.717, 1.165) is 11.3 Å². The summed E-state index contributed by atoms with van der Waals surface area (Å²) in [5.74, 6) is 0.0654. The van der Waals surface area contributed by atoms with Crippen LogP contribution in [0.5, 0.6) is 0 Å². The maximum absolute atomic E-state index is 11.6. The van der Waals surface area contributed by atoms with Crippen molar-refractivity contribution >= 4 is 27.5 Å². The molecule has 0 bridgehead atoms. The minimum atomic E-state index is -0.145. The first-order valence-electron chi connectivity index (χ1n) is 4.50. The number of halogens is 1. The zero-order chi connectivity index (χ0) is 10.7. The number of anilines is 1. The number of rotatable bonds is 2. The van der Waals surface area contributed by atoms with Crippen molar-refractivity contribution in [2.45, 2.75) is 18.7 Å². The number of amides is 1. The molecule has 2 nitrogen and oxygen atoms in total. The lowest BCUT2D eigenvalue weighted by molar-refractivity contribution is -0.117. The van der Waals surface area contributed by atoms with Crippen molar-refractivity contribution in [2.75, 3.05) is 11.9 Å². The van der Waals surface area contributed by atoms with Crippen LogP contribution in [0.4, 0.5) is 5.69 Å². The van der Waals surface area contributed by atoms with Crippen LogP contribution >= 0.6 is 15.9 Å². The Morgan fingerprint density at radius 2 is 2.14 bits per heavy atom. The first-order chi connectivity index (χ1) is 6.52. The number of hydrogen-bond acceptors (Lipinski definition) is 1. The van der Waals surface area contributed by atoms with E-state index in [1.54, 1.807) is 11.9 Å². The van der Waals surface area contributed by atoms with Crippen molar-refractivity contribution in [3.05, 3.63) is 29.8 Å². The van der Waals surface area contributed by atoms with E-state index in [4.69, 9.17) is 0 Å². The van der Waals surface area contributed by atoms with Gasteiger partial charge in [-0.3, -0.25) is 4.79 Å². The van der Waals surface area contributed by atoms with Gasteiger partial charge in [-0.25, -0.2) is 0 Å². The van der Waals surface area contributed by atoms with E-state index in [0.29, 0.717) is 0 Å². The van der Waals surface area contributed by atoms with Crippen molar-refractivity contribution in [3.63, 3.8) is 0 Å². The lowest BCUT2D eigenvalue weighted by atomic mass is 10.2. The molecule has 0 saturated carbocycles. The Labute approximate surface area is 93.0 Å². The molecule has 0 aliphatic rings. The normalized spacial score (nSPS) is 12.3. The molecule has 0 spiro atoms. The first kappa shape index (κ1) is 11.2. The van der Waals surface area contributed by atoms with Gasteiger partial charge >= 0.3 is 0 Å². The van der Waals surface area contributed by atoms with Gasteiger partial charge in [0.15, 0.2) is 0 Å². The number of nitrogens with zero attached hydrogens (tertiary/aromatic N) is 1. The summed E-state index contributed by atoms with van der Waals surface area (Å²) in [6, 6.07) is 7.89. The average molecular weight is 256 g/mol. The molecule has 0 heterocycles. The summed E-state index contributed by atoms with van der Waals surface area (Å²) < 4.78 is 0. The fourth-order valence-electron chi connectivity index (χ4n) is 1.23. The fourth-order valence-corrected chi connectivity index (χ4v) is 1.54. The minimum absolute atomic E-state index is 0.0654. The highest BCUT2D eigenvalue weighted by Crippen LogP contribution is 2.16. The summed E-state index contributed by atoms with van der Waals surface area (Å²) >= 11 is 3.26. The Morgan fingerprint density at radius 3 is 2.64 bits per heavy atom.